The smallest absolute Gasteiger partial charge is 0.254 e. The summed E-state index contributed by atoms with van der Waals surface area (Å²) in [7, 11) is 0. The van der Waals surface area contributed by atoms with E-state index in [0.717, 1.165) is 5.56 Å². The molecule has 3 heterocycles. The lowest BCUT2D eigenvalue weighted by Crippen LogP contribution is -2.48. The maximum atomic E-state index is 14.2. The summed E-state index contributed by atoms with van der Waals surface area (Å²) in [5.74, 6) is 0.0646. The number of nitriles is 1. The van der Waals surface area contributed by atoms with Crippen LogP contribution in [0.25, 0.3) is 0 Å². The number of fused-ring (bicyclic) bond motifs is 3. The average molecular weight is 504 g/mol. The molecular formula is C30H25N5O3. The van der Waals surface area contributed by atoms with Crippen molar-refractivity contribution >= 4 is 23.2 Å². The maximum Gasteiger partial charge on any atom is 0.254 e. The van der Waals surface area contributed by atoms with Gasteiger partial charge in [-0.15, -0.1) is 0 Å². The number of para-hydroxylation sites is 1. The van der Waals surface area contributed by atoms with Crippen LogP contribution in [0.1, 0.15) is 18.1 Å². The highest BCUT2D eigenvalue weighted by Crippen LogP contribution is 2.55. The molecule has 3 N–H and O–H groups in total. The van der Waals surface area contributed by atoms with E-state index < -0.39 is 11.3 Å². The summed E-state index contributed by atoms with van der Waals surface area (Å²) in [5, 5.41) is 13.4. The molecule has 188 valence electrons. The second-order valence-electron chi connectivity index (χ2n) is 9.35. The minimum absolute atomic E-state index is 0.0301. The van der Waals surface area contributed by atoms with Crippen LogP contribution < -0.4 is 20.7 Å². The van der Waals surface area contributed by atoms with Gasteiger partial charge in [0.2, 0.25) is 5.91 Å². The Labute approximate surface area is 220 Å². The summed E-state index contributed by atoms with van der Waals surface area (Å²) in [6, 6.07) is 26.3. The van der Waals surface area contributed by atoms with Gasteiger partial charge < -0.3 is 20.7 Å². The van der Waals surface area contributed by atoms with Crippen molar-refractivity contribution < 1.29 is 14.3 Å². The number of amides is 2. The van der Waals surface area contributed by atoms with Crippen LogP contribution in [0.3, 0.4) is 0 Å². The summed E-state index contributed by atoms with van der Waals surface area (Å²) in [6.07, 6.45) is 0. The SMILES string of the molecule is CCOc1ccc(N2C(N)=C(C#N)C3(C(=O)Nc4ccccc43)C3=C2CN(Cc2ccccc2)C3=O)cc1. The molecule has 38 heavy (non-hydrogen) atoms. The Bertz CT molecular complexity index is 1570. The van der Waals surface area contributed by atoms with Gasteiger partial charge in [-0.1, -0.05) is 48.5 Å². The van der Waals surface area contributed by atoms with Crippen LogP contribution in [0.5, 0.6) is 5.75 Å². The first-order chi connectivity index (χ1) is 18.5. The number of hydrogen-bond acceptors (Lipinski definition) is 6. The number of nitrogens with one attached hydrogen (secondary N) is 1. The monoisotopic (exact) mass is 503 g/mol. The molecule has 0 aromatic heterocycles. The Morgan fingerprint density at radius 2 is 1.74 bits per heavy atom. The number of nitrogens with two attached hydrogens (primary N) is 1. The van der Waals surface area contributed by atoms with Gasteiger partial charge in [0, 0.05) is 23.5 Å². The summed E-state index contributed by atoms with van der Waals surface area (Å²) in [4.78, 5) is 31.5. The molecule has 3 aliphatic heterocycles. The molecule has 0 aliphatic carbocycles. The minimum Gasteiger partial charge on any atom is -0.494 e. The highest BCUT2D eigenvalue weighted by Gasteiger charge is 2.62. The molecule has 8 heteroatoms. The van der Waals surface area contributed by atoms with Gasteiger partial charge in [-0.05, 0) is 42.8 Å². The van der Waals surface area contributed by atoms with Crippen LogP contribution in [0.2, 0.25) is 0 Å². The van der Waals surface area contributed by atoms with Gasteiger partial charge in [0.1, 0.15) is 23.1 Å². The van der Waals surface area contributed by atoms with Gasteiger partial charge in [0.25, 0.3) is 5.91 Å². The second-order valence-corrected chi connectivity index (χ2v) is 9.35. The van der Waals surface area contributed by atoms with Gasteiger partial charge in [0.05, 0.1) is 30.0 Å². The molecule has 0 saturated heterocycles. The third-order valence-electron chi connectivity index (χ3n) is 7.30. The van der Waals surface area contributed by atoms with Gasteiger partial charge in [-0.2, -0.15) is 5.26 Å². The Kier molecular flexibility index (Phi) is 5.42. The first kappa shape index (κ1) is 23.4. The predicted octanol–water partition coefficient (Wildman–Crippen LogP) is 3.79. The summed E-state index contributed by atoms with van der Waals surface area (Å²) in [6.45, 7) is 3.02. The van der Waals surface area contributed by atoms with Gasteiger partial charge >= 0.3 is 0 Å². The van der Waals surface area contributed by atoms with Crippen molar-refractivity contribution in [3.8, 4) is 11.8 Å². The number of carbonyl (C=O) groups is 2. The van der Waals surface area contributed by atoms with Crippen LogP contribution in [0.4, 0.5) is 11.4 Å². The van der Waals surface area contributed by atoms with Crippen molar-refractivity contribution in [2.24, 2.45) is 5.73 Å². The summed E-state index contributed by atoms with van der Waals surface area (Å²) in [5.41, 5.74) is 8.73. The second kappa shape index (κ2) is 8.82. The highest BCUT2D eigenvalue weighted by molar-refractivity contribution is 6.20. The van der Waals surface area contributed by atoms with Crippen LogP contribution in [-0.4, -0.2) is 29.9 Å². The average Bonchev–Trinajstić information content (AvgIpc) is 3.40. The van der Waals surface area contributed by atoms with Crippen LogP contribution >= 0.6 is 0 Å². The van der Waals surface area contributed by atoms with E-state index in [9.17, 15) is 14.9 Å². The fraction of sp³-hybridized carbons (Fsp3) is 0.167. The zero-order chi connectivity index (χ0) is 26.4. The lowest BCUT2D eigenvalue weighted by atomic mass is 9.67. The molecule has 1 spiro atoms. The molecule has 2 amide bonds. The highest BCUT2D eigenvalue weighted by atomic mass is 16.5. The fourth-order valence-electron chi connectivity index (χ4n) is 5.73. The van der Waals surface area contributed by atoms with E-state index in [4.69, 9.17) is 10.5 Å². The number of hydrogen-bond donors (Lipinski definition) is 2. The van der Waals surface area contributed by atoms with Gasteiger partial charge in [-0.25, -0.2) is 0 Å². The van der Waals surface area contributed by atoms with Crippen LogP contribution in [0, 0.1) is 11.3 Å². The first-order valence-electron chi connectivity index (χ1n) is 12.4. The molecule has 3 aromatic carbocycles. The van der Waals surface area contributed by atoms with E-state index in [0.29, 0.717) is 41.5 Å². The van der Waals surface area contributed by atoms with E-state index in [1.54, 1.807) is 34.1 Å². The van der Waals surface area contributed by atoms with Crippen LogP contribution in [0.15, 0.2) is 102 Å². The van der Waals surface area contributed by atoms with E-state index >= 15 is 0 Å². The number of anilines is 2. The number of ether oxygens (including phenoxy) is 1. The Hall–Kier alpha value is -5.03. The molecule has 0 fully saturated rings. The Morgan fingerprint density at radius 3 is 2.45 bits per heavy atom. The van der Waals surface area contributed by atoms with Crippen molar-refractivity contribution in [1.82, 2.24) is 4.90 Å². The number of carbonyl (C=O) groups excluding carboxylic acids is 2. The van der Waals surface area contributed by atoms with Crippen molar-refractivity contribution in [2.45, 2.75) is 18.9 Å². The Balaban J connectivity index is 1.56. The van der Waals surface area contributed by atoms with Gasteiger partial charge in [0.15, 0.2) is 0 Å². The summed E-state index contributed by atoms with van der Waals surface area (Å²) >= 11 is 0. The molecule has 0 radical (unpaired) electrons. The molecule has 8 nitrogen and oxygen atoms in total. The lowest BCUT2D eigenvalue weighted by Gasteiger charge is -2.38. The zero-order valence-corrected chi connectivity index (χ0v) is 20.8. The van der Waals surface area contributed by atoms with E-state index in [1.807, 2.05) is 61.5 Å². The molecule has 0 saturated carbocycles. The van der Waals surface area contributed by atoms with Crippen molar-refractivity contribution in [3.63, 3.8) is 0 Å². The topological polar surface area (TPSA) is 112 Å². The van der Waals surface area contributed by atoms with E-state index in [1.165, 1.54) is 0 Å². The molecule has 1 atom stereocenters. The van der Waals surface area contributed by atoms with Crippen molar-refractivity contribution in [2.75, 3.05) is 23.4 Å². The van der Waals surface area contributed by atoms with E-state index in [2.05, 4.69) is 11.4 Å². The summed E-state index contributed by atoms with van der Waals surface area (Å²) < 4.78 is 5.59. The molecule has 1 unspecified atom stereocenters. The van der Waals surface area contributed by atoms with Crippen molar-refractivity contribution in [3.05, 3.63) is 113 Å². The third-order valence-corrected chi connectivity index (χ3v) is 7.30. The van der Waals surface area contributed by atoms with Gasteiger partial charge in [-0.3, -0.25) is 14.5 Å². The minimum atomic E-state index is -1.63. The number of nitrogens with zero attached hydrogens (tertiary/aromatic N) is 3. The quantitative estimate of drug-likeness (QED) is 0.548. The first-order valence-corrected chi connectivity index (χ1v) is 12.4. The molecule has 6 rings (SSSR count). The number of benzene rings is 3. The predicted molar refractivity (Wildman–Crippen MR) is 143 cm³/mol. The normalized spacial score (nSPS) is 20.0. The van der Waals surface area contributed by atoms with E-state index in [-0.39, 0.29) is 29.4 Å². The molecule has 3 aliphatic rings. The molecule has 3 aromatic rings. The fourth-order valence-corrected chi connectivity index (χ4v) is 5.73. The van der Waals surface area contributed by atoms with Crippen molar-refractivity contribution in [1.29, 1.82) is 5.26 Å². The Morgan fingerprint density at radius 1 is 1.03 bits per heavy atom. The maximum absolute atomic E-state index is 14.2. The number of rotatable bonds is 5. The standard InChI is InChI=1S/C30H25N5O3/c1-2-38-21-14-12-20(13-15-21)35-25-18-34(17-19-8-4-3-5-9-19)28(36)26(25)30(23(16-31)27(35)32)22-10-6-7-11-24(22)33-29(30)37/h3-15H,2,17-18,32H2,1H3,(H,33,37). The molecular weight excluding hydrogens is 478 g/mol. The zero-order valence-electron chi connectivity index (χ0n) is 20.8. The molecule has 0 bridgehead atoms. The largest absolute Gasteiger partial charge is 0.494 e. The van der Waals surface area contributed by atoms with Crippen LogP contribution in [-0.2, 0) is 21.5 Å². The third kappa shape index (κ3) is 3.22. The lowest BCUT2D eigenvalue weighted by molar-refractivity contribution is -0.128.